The lowest BCUT2D eigenvalue weighted by molar-refractivity contribution is -0.186. The molecule has 1 saturated carbocycles. The van der Waals surface area contributed by atoms with E-state index >= 15 is 0 Å². The van der Waals surface area contributed by atoms with Gasteiger partial charge >= 0.3 is 6.18 Å². The number of nitrogens with one attached hydrogen (secondary N) is 1. The van der Waals surface area contributed by atoms with E-state index in [1.165, 1.54) is 12.8 Å². The van der Waals surface area contributed by atoms with Gasteiger partial charge in [-0.25, -0.2) is 0 Å². The largest absolute Gasteiger partial charge is 0.393 e. The van der Waals surface area contributed by atoms with Gasteiger partial charge in [-0.15, -0.1) is 0 Å². The fourth-order valence-electron chi connectivity index (χ4n) is 2.39. The van der Waals surface area contributed by atoms with Gasteiger partial charge in [-0.05, 0) is 44.7 Å². The summed E-state index contributed by atoms with van der Waals surface area (Å²) in [6.07, 6.45) is -0.415. The van der Waals surface area contributed by atoms with E-state index in [-0.39, 0.29) is 6.54 Å². The van der Waals surface area contributed by atoms with Crippen LogP contribution < -0.4 is 5.32 Å². The third-order valence-electron chi connectivity index (χ3n) is 3.70. The number of piperidine rings is 1. The zero-order valence-electron chi connectivity index (χ0n) is 10.1. The Bertz CT molecular complexity index is 238. The lowest BCUT2D eigenvalue weighted by Gasteiger charge is -2.33. The van der Waals surface area contributed by atoms with Gasteiger partial charge in [0, 0.05) is 19.6 Å². The van der Waals surface area contributed by atoms with Crippen molar-refractivity contribution in [1.82, 2.24) is 10.2 Å². The molecule has 2 fully saturated rings. The molecule has 100 valence electrons. The Hall–Kier alpha value is -0.290. The van der Waals surface area contributed by atoms with Gasteiger partial charge in [-0.2, -0.15) is 13.2 Å². The Labute approximate surface area is 101 Å². The SMILES string of the molecule is FC(F)(F)C1CCCN(CCNCC2CC2)C1. The van der Waals surface area contributed by atoms with Gasteiger partial charge in [0.05, 0.1) is 5.92 Å². The standard InChI is InChI=1S/C12H21F3N2/c13-12(14,15)11-2-1-6-17(9-11)7-5-16-8-10-3-4-10/h10-11,16H,1-9H2. The summed E-state index contributed by atoms with van der Waals surface area (Å²) < 4.78 is 37.7. The zero-order valence-corrected chi connectivity index (χ0v) is 10.1. The molecule has 1 atom stereocenters. The Balaban J connectivity index is 1.62. The molecule has 1 aliphatic carbocycles. The number of hydrogen-bond acceptors (Lipinski definition) is 2. The molecule has 0 aromatic rings. The summed E-state index contributed by atoms with van der Waals surface area (Å²) in [5.41, 5.74) is 0. The molecule has 2 nitrogen and oxygen atoms in total. The minimum absolute atomic E-state index is 0.189. The molecule has 0 bridgehead atoms. The number of likely N-dealkylation sites (tertiary alicyclic amines) is 1. The molecular weight excluding hydrogens is 229 g/mol. The van der Waals surface area contributed by atoms with Gasteiger partial charge in [0.25, 0.3) is 0 Å². The highest BCUT2D eigenvalue weighted by Gasteiger charge is 2.41. The average molecular weight is 250 g/mol. The highest BCUT2D eigenvalue weighted by molar-refractivity contribution is 4.79. The topological polar surface area (TPSA) is 15.3 Å². The molecule has 0 aromatic carbocycles. The van der Waals surface area contributed by atoms with Crippen molar-refractivity contribution in [2.24, 2.45) is 11.8 Å². The minimum atomic E-state index is -4.01. The normalized spacial score (nSPS) is 27.4. The van der Waals surface area contributed by atoms with E-state index in [0.29, 0.717) is 12.8 Å². The second kappa shape index (κ2) is 5.57. The number of halogens is 3. The summed E-state index contributed by atoms with van der Waals surface area (Å²) in [5, 5.41) is 3.33. The fraction of sp³-hybridized carbons (Fsp3) is 1.00. The van der Waals surface area contributed by atoms with Gasteiger partial charge in [-0.1, -0.05) is 0 Å². The van der Waals surface area contributed by atoms with Crippen LogP contribution in [0.3, 0.4) is 0 Å². The van der Waals surface area contributed by atoms with Gasteiger partial charge in [0.1, 0.15) is 0 Å². The maximum Gasteiger partial charge on any atom is 0.393 e. The fourth-order valence-corrected chi connectivity index (χ4v) is 2.39. The first-order valence-corrected chi connectivity index (χ1v) is 6.55. The van der Waals surface area contributed by atoms with E-state index in [1.54, 1.807) is 0 Å². The molecule has 1 aliphatic heterocycles. The van der Waals surface area contributed by atoms with Crippen LogP contribution in [0.15, 0.2) is 0 Å². The third kappa shape index (κ3) is 4.47. The Morgan fingerprint density at radius 3 is 2.59 bits per heavy atom. The molecule has 0 aromatic heterocycles. The first-order chi connectivity index (χ1) is 8.05. The van der Waals surface area contributed by atoms with Gasteiger partial charge in [0.2, 0.25) is 0 Å². The van der Waals surface area contributed by atoms with Crippen molar-refractivity contribution in [3.05, 3.63) is 0 Å². The number of alkyl halides is 3. The van der Waals surface area contributed by atoms with E-state index < -0.39 is 12.1 Å². The lowest BCUT2D eigenvalue weighted by Crippen LogP contribution is -2.44. The number of hydrogen-bond donors (Lipinski definition) is 1. The van der Waals surface area contributed by atoms with Crippen LogP contribution in [0, 0.1) is 11.8 Å². The van der Waals surface area contributed by atoms with Crippen molar-refractivity contribution in [2.45, 2.75) is 31.9 Å². The van der Waals surface area contributed by atoms with Gasteiger partial charge in [-0.3, -0.25) is 0 Å². The molecule has 5 heteroatoms. The van der Waals surface area contributed by atoms with Crippen molar-refractivity contribution in [3.8, 4) is 0 Å². The minimum Gasteiger partial charge on any atom is -0.315 e. The van der Waals surface area contributed by atoms with Crippen LogP contribution in [0.5, 0.6) is 0 Å². The molecular formula is C12H21F3N2. The van der Waals surface area contributed by atoms with E-state index in [2.05, 4.69) is 5.32 Å². The van der Waals surface area contributed by atoms with E-state index in [4.69, 9.17) is 0 Å². The van der Waals surface area contributed by atoms with Crippen molar-refractivity contribution in [1.29, 1.82) is 0 Å². The average Bonchev–Trinajstić information content (AvgIpc) is 3.08. The summed E-state index contributed by atoms with van der Waals surface area (Å²) in [7, 11) is 0. The van der Waals surface area contributed by atoms with E-state index in [0.717, 1.165) is 32.1 Å². The molecule has 1 N–H and O–H groups in total. The van der Waals surface area contributed by atoms with Crippen LogP contribution in [0.25, 0.3) is 0 Å². The zero-order chi connectivity index (χ0) is 12.3. The molecule has 2 aliphatic rings. The number of nitrogens with zero attached hydrogens (tertiary/aromatic N) is 1. The molecule has 0 spiro atoms. The summed E-state index contributed by atoms with van der Waals surface area (Å²) in [6, 6.07) is 0. The molecule has 1 saturated heterocycles. The second-order valence-corrected chi connectivity index (χ2v) is 5.33. The van der Waals surface area contributed by atoms with Crippen molar-refractivity contribution < 1.29 is 13.2 Å². The first kappa shape index (κ1) is 13.1. The number of rotatable bonds is 5. The Kier molecular flexibility index (Phi) is 4.31. The highest BCUT2D eigenvalue weighted by atomic mass is 19.4. The molecule has 1 unspecified atom stereocenters. The van der Waals surface area contributed by atoms with E-state index in [9.17, 15) is 13.2 Å². The van der Waals surface area contributed by atoms with Crippen molar-refractivity contribution >= 4 is 0 Å². The molecule has 2 rings (SSSR count). The van der Waals surface area contributed by atoms with Crippen LogP contribution >= 0.6 is 0 Å². The van der Waals surface area contributed by atoms with Crippen LogP contribution in [0.1, 0.15) is 25.7 Å². The third-order valence-corrected chi connectivity index (χ3v) is 3.70. The highest BCUT2D eigenvalue weighted by Crippen LogP contribution is 2.32. The van der Waals surface area contributed by atoms with Crippen LogP contribution in [-0.2, 0) is 0 Å². The van der Waals surface area contributed by atoms with Crippen molar-refractivity contribution in [3.63, 3.8) is 0 Å². The molecule has 1 heterocycles. The van der Waals surface area contributed by atoms with Crippen LogP contribution in [0.4, 0.5) is 13.2 Å². The van der Waals surface area contributed by atoms with Gasteiger partial charge < -0.3 is 10.2 Å². The van der Waals surface area contributed by atoms with Crippen LogP contribution in [-0.4, -0.2) is 43.8 Å². The Morgan fingerprint density at radius 1 is 1.18 bits per heavy atom. The monoisotopic (exact) mass is 250 g/mol. The maximum absolute atomic E-state index is 12.6. The molecule has 0 radical (unpaired) electrons. The predicted molar refractivity (Wildman–Crippen MR) is 60.8 cm³/mol. The molecule has 17 heavy (non-hydrogen) atoms. The summed E-state index contributed by atoms with van der Waals surface area (Å²) >= 11 is 0. The molecule has 0 amide bonds. The van der Waals surface area contributed by atoms with Gasteiger partial charge in [0.15, 0.2) is 0 Å². The Morgan fingerprint density at radius 2 is 1.94 bits per heavy atom. The lowest BCUT2D eigenvalue weighted by atomic mass is 9.97. The first-order valence-electron chi connectivity index (χ1n) is 6.55. The quantitative estimate of drug-likeness (QED) is 0.753. The van der Waals surface area contributed by atoms with E-state index in [1.807, 2.05) is 4.90 Å². The van der Waals surface area contributed by atoms with Crippen molar-refractivity contribution in [2.75, 3.05) is 32.7 Å². The summed E-state index contributed by atoms with van der Waals surface area (Å²) in [6.45, 7) is 3.61. The predicted octanol–water partition coefficient (Wildman–Crippen LogP) is 2.26. The smallest absolute Gasteiger partial charge is 0.315 e. The summed E-state index contributed by atoms with van der Waals surface area (Å²) in [4.78, 5) is 1.95. The maximum atomic E-state index is 12.6. The summed E-state index contributed by atoms with van der Waals surface area (Å²) in [5.74, 6) is -0.279. The second-order valence-electron chi connectivity index (χ2n) is 5.33. The van der Waals surface area contributed by atoms with Crippen LogP contribution in [0.2, 0.25) is 0 Å².